The predicted octanol–water partition coefficient (Wildman–Crippen LogP) is 4.25. The van der Waals surface area contributed by atoms with Gasteiger partial charge in [-0.3, -0.25) is 4.79 Å². The first-order valence-electron chi connectivity index (χ1n) is 7.90. The Labute approximate surface area is 155 Å². The molecule has 3 aromatic rings. The molecule has 0 atom stereocenters. The third-order valence-corrected chi connectivity index (χ3v) is 3.92. The van der Waals surface area contributed by atoms with Crippen molar-refractivity contribution in [3.63, 3.8) is 0 Å². The summed E-state index contributed by atoms with van der Waals surface area (Å²) in [6.45, 7) is 2.19. The van der Waals surface area contributed by atoms with Gasteiger partial charge in [0.25, 0.3) is 5.91 Å². The van der Waals surface area contributed by atoms with Crippen LogP contribution in [0.15, 0.2) is 54.7 Å². The number of nitrogens with zero attached hydrogens (tertiary/aromatic N) is 2. The Morgan fingerprint density at radius 3 is 2.65 bits per heavy atom. The Balaban J connectivity index is 1.68. The Morgan fingerprint density at radius 1 is 1.15 bits per heavy atom. The van der Waals surface area contributed by atoms with Crippen LogP contribution in [0, 0.1) is 12.7 Å². The number of carbonyl (C=O) groups is 1. The monoisotopic (exact) mass is 370 g/mol. The molecule has 0 aliphatic heterocycles. The van der Waals surface area contributed by atoms with Gasteiger partial charge in [0.2, 0.25) is 5.95 Å². The van der Waals surface area contributed by atoms with Crippen molar-refractivity contribution in [1.29, 1.82) is 0 Å². The predicted molar refractivity (Wildman–Crippen MR) is 99.1 cm³/mol. The fraction of sp³-hybridized carbons (Fsp3) is 0.105. The number of aryl methyl sites for hydroxylation is 1. The molecule has 0 aliphatic carbocycles. The Bertz CT molecular complexity index is 931. The molecular weight excluding hydrogens is 355 g/mol. The largest absolute Gasteiger partial charge is 0.347 e. The number of rotatable bonds is 5. The Kier molecular flexibility index (Phi) is 5.43. The van der Waals surface area contributed by atoms with Gasteiger partial charge in [-0.1, -0.05) is 23.7 Å². The van der Waals surface area contributed by atoms with Crippen molar-refractivity contribution in [2.45, 2.75) is 13.5 Å². The second-order valence-corrected chi connectivity index (χ2v) is 6.10. The van der Waals surface area contributed by atoms with Crippen LogP contribution in [0.4, 0.5) is 16.0 Å². The molecule has 1 heterocycles. The molecule has 2 aromatic carbocycles. The highest BCUT2D eigenvalue weighted by Gasteiger charge is 2.09. The van der Waals surface area contributed by atoms with Gasteiger partial charge in [-0.15, -0.1) is 0 Å². The SMILES string of the molecule is Cc1cc(Cl)ccc1Nc1nccc(C(=O)NCc2ccc(F)cc2)n1. The molecule has 5 nitrogen and oxygen atoms in total. The highest BCUT2D eigenvalue weighted by atomic mass is 35.5. The maximum atomic E-state index is 12.9. The molecule has 0 saturated carbocycles. The summed E-state index contributed by atoms with van der Waals surface area (Å²) >= 11 is 5.95. The summed E-state index contributed by atoms with van der Waals surface area (Å²) in [6, 6.07) is 12.9. The summed E-state index contributed by atoms with van der Waals surface area (Å²) in [7, 11) is 0. The molecule has 0 bridgehead atoms. The van der Waals surface area contributed by atoms with Crippen LogP contribution in [-0.4, -0.2) is 15.9 Å². The van der Waals surface area contributed by atoms with Crippen LogP contribution in [0.5, 0.6) is 0 Å². The summed E-state index contributed by atoms with van der Waals surface area (Å²) in [5, 5.41) is 6.46. The van der Waals surface area contributed by atoms with Crippen LogP contribution in [0.1, 0.15) is 21.6 Å². The maximum Gasteiger partial charge on any atom is 0.270 e. The number of carbonyl (C=O) groups excluding carboxylic acids is 1. The molecule has 0 aliphatic rings. The number of hydrogen-bond acceptors (Lipinski definition) is 4. The van der Waals surface area contributed by atoms with Crippen molar-refractivity contribution in [2.75, 3.05) is 5.32 Å². The topological polar surface area (TPSA) is 66.9 Å². The lowest BCUT2D eigenvalue weighted by Crippen LogP contribution is -2.24. The summed E-state index contributed by atoms with van der Waals surface area (Å²) in [5.41, 5.74) is 2.77. The van der Waals surface area contributed by atoms with E-state index in [0.717, 1.165) is 16.8 Å². The normalized spacial score (nSPS) is 10.4. The van der Waals surface area contributed by atoms with E-state index in [1.54, 1.807) is 18.2 Å². The number of nitrogens with one attached hydrogen (secondary N) is 2. The van der Waals surface area contributed by atoms with Crippen LogP contribution < -0.4 is 10.6 Å². The first kappa shape index (κ1) is 17.8. The van der Waals surface area contributed by atoms with Crippen molar-refractivity contribution in [3.8, 4) is 0 Å². The van der Waals surface area contributed by atoms with Crippen molar-refractivity contribution >= 4 is 29.1 Å². The second kappa shape index (κ2) is 7.93. The van der Waals surface area contributed by atoms with Gasteiger partial charge in [-0.25, -0.2) is 14.4 Å². The van der Waals surface area contributed by atoms with Gasteiger partial charge in [0.1, 0.15) is 11.5 Å². The number of amides is 1. The molecule has 0 unspecified atom stereocenters. The molecular formula is C19H16ClFN4O. The number of aromatic nitrogens is 2. The number of halogens is 2. The van der Waals surface area contributed by atoms with Gasteiger partial charge in [-0.05, 0) is 54.4 Å². The fourth-order valence-corrected chi connectivity index (χ4v) is 2.53. The van der Waals surface area contributed by atoms with Gasteiger partial charge < -0.3 is 10.6 Å². The standard InChI is InChI=1S/C19H16ClFN4O/c1-12-10-14(20)4-7-16(12)24-19-22-9-8-17(25-19)18(26)23-11-13-2-5-15(21)6-3-13/h2-10H,11H2,1H3,(H,23,26)(H,22,24,25). The van der Waals surface area contributed by atoms with Gasteiger partial charge in [0.05, 0.1) is 0 Å². The zero-order valence-electron chi connectivity index (χ0n) is 14.0. The van der Waals surface area contributed by atoms with E-state index in [1.807, 2.05) is 19.1 Å². The van der Waals surface area contributed by atoms with E-state index in [1.165, 1.54) is 24.4 Å². The molecule has 0 spiro atoms. The van der Waals surface area contributed by atoms with E-state index < -0.39 is 0 Å². The zero-order chi connectivity index (χ0) is 18.5. The molecule has 7 heteroatoms. The summed E-state index contributed by atoms with van der Waals surface area (Å²) < 4.78 is 12.9. The van der Waals surface area contributed by atoms with Crippen LogP contribution in [0.2, 0.25) is 5.02 Å². The van der Waals surface area contributed by atoms with E-state index in [9.17, 15) is 9.18 Å². The first-order chi connectivity index (χ1) is 12.5. The lowest BCUT2D eigenvalue weighted by Gasteiger charge is -2.09. The molecule has 26 heavy (non-hydrogen) atoms. The van der Waals surface area contributed by atoms with Crippen LogP contribution in [-0.2, 0) is 6.54 Å². The molecule has 0 fully saturated rings. The van der Waals surface area contributed by atoms with Crippen molar-refractivity contribution in [2.24, 2.45) is 0 Å². The van der Waals surface area contributed by atoms with Crippen LogP contribution in [0.25, 0.3) is 0 Å². The highest BCUT2D eigenvalue weighted by molar-refractivity contribution is 6.30. The minimum atomic E-state index is -0.340. The minimum absolute atomic E-state index is 0.233. The Hall–Kier alpha value is -2.99. The van der Waals surface area contributed by atoms with Crippen LogP contribution in [0.3, 0.4) is 0 Å². The summed E-state index contributed by atoms with van der Waals surface area (Å²) in [5.74, 6) is -0.346. The van der Waals surface area contributed by atoms with Gasteiger partial charge >= 0.3 is 0 Å². The lowest BCUT2D eigenvalue weighted by atomic mass is 10.2. The van der Waals surface area contributed by atoms with Gasteiger partial charge in [-0.2, -0.15) is 0 Å². The molecule has 132 valence electrons. The van der Waals surface area contributed by atoms with Gasteiger partial charge in [0, 0.05) is 23.5 Å². The molecule has 2 N–H and O–H groups in total. The van der Waals surface area contributed by atoms with Gasteiger partial charge in [0.15, 0.2) is 0 Å². The second-order valence-electron chi connectivity index (χ2n) is 5.66. The van der Waals surface area contributed by atoms with E-state index in [-0.39, 0.29) is 24.0 Å². The third kappa shape index (κ3) is 4.55. The first-order valence-corrected chi connectivity index (χ1v) is 8.28. The third-order valence-electron chi connectivity index (χ3n) is 3.69. The van der Waals surface area contributed by atoms with E-state index in [2.05, 4.69) is 20.6 Å². The molecule has 0 saturated heterocycles. The average Bonchev–Trinajstić information content (AvgIpc) is 2.63. The fourth-order valence-electron chi connectivity index (χ4n) is 2.31. The smallest absolute Gasteiger partial charge is 0.270 e. The van der Waals surface area contributed by atoms with Crippen molar-refractivity contribution in [1.82, 2.24) is 15.3 Å². The lowest BCUT2D eigenvalue weighted by molar-refractivity contribution is 0.0946. The number of anilines is 2. The zero-order valence-corrected chi connectivity index (χ0v) is 14.7. The molecule has 0 radical (unpaired) electrons. The van der Waals surface area contributed by atoms with E-state index in [4.69, 9.17) is 11.6 Å². The highest BCUT2D eigenvalue weighted by Crippen LogP contribution is 2.21. The van der Waals surface area contributed by atoms with Crippen molar-refractivity contribution < 1.29 is 9.18 Å². The minimum Gasteiger partial charge on any atom is -0.347 e. The molecule has 1 amide bonds. The van der Waals surface area contributed by atoms with Crippen LogP contribution >= 0.6 is 11.6 Å². The summed E-state index contributed by atoms with van der Waals surface area (Å²) in [4.78, 5) is 20.6. The van der Waals surface area contributed by atoms with E-state index >= 15 is 0 Å². The van der Waals surface area contributed by atoms with E-state index in [0.29, 0.717) is 11.0 Å². The molecule has 1 aromatic heterocycles. The Morgan fingerprint density at radius 2 is 1.92 bits per heavy atom. The number of benzene rings is 2. The quantitative estimate of drug-likeness (QED) is 0.704. The number of hydrogen-bond donors (Lipinski definition) is 2. The maximum absolute atomic E-state index is 12.9. The average molecular weight is 371 g/mol. The molecule has 3 rings (SSSR count). The van der Waals surface area contributed by atoms with Crippen molar-refractivity contribution in [3.05, 3.63) is 82.4 Å². The summed E-state index contributed by atoms with van der Waals surface area (Å²) in [6.07, 6.45) is 1.51.